The average Bonchev–Trinajstić information content (AvgIpc) is 3.32. The fourth-order valence-electron chi connectivity index (χ4n) is 3.24. The molecule has 0 amide bonds. The second-order valence-electron chi connectivity index (χ2n) is 6.71. The maximum absolute atomic E-state index is 8.84. The van der Waals surface area contributed by atoms with Crippen LogP contribution in [0.5, 0.6) is 0 Å². The number of hydrogen-bond donors (Lipinski definition) is 0. The molecule has 140 valence electrons. The summed E-state index contributed by atoms with van der Waals surface area (Å²) >= 11 is 0. The quantitative estimate of drug-likeness (QED) is 0.340. The van der Waals surface area contributed by atoms with E-state index in [1.807, 2.05) is 30.4 Å². The minimum Gasteiger partial charge on any atom is -0.457 e. The van der Waals surface area contributed by atoms with Gasteiger partial charge in [-0.05, 0) is 36.8 Å². The number of nitrogens with zero attached hydrogens (tertiary/aromatic N) is 3. The molecule has 4 heteroatoms. The second kappa shape index (κ2) is 9.44. The molecule has 0 aliphatic rings. The number of nitriles is 2. The van der Waals surface area contributed by atoms with Crippen molar-refractivity contribution in [1.82, 2.24) is 4.57 Å². The van der Waals surface area contributed by atoms with Crippen molar-refractivity contribution in [1.29, 1.82) is 10.5 Å². The van der Waals surface area contributed by atoms with Crippen LogP contribution < -0.4 is 0 Å². The van der Waals surface area contributed by atoms with Gasteiger partial charge >= 0.3 is 0 Å². The number of aromatic nitrogens is 1. The summed E-state index contributed by atoms with van der Waals surface area (Å²) in [5.74, 6) is 1.18. The van der Waals surface area contributed by atoms with Crippen LogP contribution in [-0.2, 0) is 6.54 Å². The van der Waals surface area contributed by atoms with Gasteiger partial charge in [-0.25, -0.2) is 0 Å². The molecule has 2 aromatic heterocycles. The number of hydrogen-bond acceptors (Lipinski definition) is 3. The average molecular weight is 369 g/mol. The van der Waals surface area contributed by atoms with E-state index in [0.717, 1.165) is 12.1 Å². The predicted octanol–water partition coefficient (Wildman–Crippen LogP) is 6.42. The molecule has 4 nitrogen and oxygen atoms in total. The largest absolute Gasteiger partial charge is 0.457 e. The first-order chi connectivity index (χ1) is 13.7. The Balaban J connectivity index is 1.81. The van der Waals surface area contributed by atoms with Crippen LogP contribution in [0.15, 0.2) is 52.6 Å². The van der Waals surface area contributed by atoms with E-state index in [1.54, 1.807) is 6.07 Å². The van der Waals surface area contributed by atoms with Crippen molar-refractivity contribution in [2.24, 2.45) is 0 Å². The van der Waals surface area contributed by atoms with E-state index in [9.17, 15) is 0 Å². The van der Waals surface area contributed by atoms with Gasteiger partial charge in [-0.3, -0.25) is 0 Å². The summed E-state index contributed by atoms with van der Waals surface area (Å²) in [4.78, 5) is 0. The minimum atomic E-state index is 0.0241. The Morgan fingerprint density at radius 3 is 2.57 bits per heavy atom. The Labute approximate surface area is 165 Å². The van der Waals surface area contributed by atoms with Gasteiger partial charge in [-0.15, -0.1) is 0 Å². The lowest BCUT2D eigenvalue weighted by Crippen LogP contribution is -1.95. The molecule has 0 spiro atoms. The smallest absolute Gasteiger partial charge is 0.133 e. The first kappa shape index (κ1) is 19.3. The number of para-hydroxylation sites is 1. The summed E-state index contributed by atoms with van der Waals surface area (Å²) < 4.78 is 8.00. The molecular weight excluding hydrogens is 346 g/mol. The van der Waals surface area contributed by atoms with Gasteiger partial charge in [0.25, 0.3) is 0 Å². The third-order valence-electron chi connectivity index (χ3n) is 4.67. The van der Waals surface area contributed by atoms with Crippen LogP contribution in [0.2, 0.25) is 0 Å². The molecule has 0 unspecified atom stereocenters. The lowest BCUT2D eigenvalue weighted by Gasteiger charge is -2.04. The Kier molecular flexibility index (Phi) is 6.50. The van der Waals surface area contributed by atoms with E-state index in [-0.39, 0.29) is 5.57 Å². The van der Waals surface area contributed by atoms with Crippen molar-refractivity contribution in [3.05, 3.63) is 65.3 Å². The summed E-state index contributed by atoms with van der Waals surface area (Å²) in [5, 5.41) is 18.9. The number of allylic oxidation sites excluding steroid dienone is 1. The van der Waals surface area contributed by atoms with E-state index >= 15 is 0 Å². The van der Waals surface area contributed by atoms with Crippen LogP contribution in [-0.4, -0.2) is 4.57 Å². The number of rotatable bonds is 8. The van der Waals surface area contributed by atoms with Crippen molar-refractivity contribution in [2.75, 3.05) is 0 Å². The molecule has 2 heterocycles. The number of unbranched alkanes of at least 4 members (excludes halogenated alkanes) is 3. The highest BCUT2D eigenvalue weighted by atomic mass is 16.3. The number of furan rings is 1. The number of fused-ring (bicyclic) bond motifs is 1. The Morgan fingerprint density at radius 2 is 1.79 bits per heavy atom. The maximum Gasteiger partial charge on any atom is 0.133 e. The maximum atomic E-state index is 8.84. The topological polar surface area (TPSA) is 65.7 Å². The number of benzene rings is 1. The molecule has 0 saturated carbocycles. The van der Waals surface area contributed by atoms with Crippen LogP contribution in [0.1, 0.15) is 49.7 Å². The number of aryl methyl sites for hydroxylation is 1. The van der Waals surface area contributed by atoms with Gasteiger partial charge in [0.1, 0.15) is 29.2 Å². The van der Waals surface area contributed by atoms with Crippen molar-refractivity contribution >= 4 is 29.1 Å². The molecule has 28 heavy (non-hydrogen) atoms. The molecule has 0 fully saturated rings. The molecule has 3 rings (SSSR count). The molecule has 3 aromatic rings. The molecule has 0 aliphatic carbocycles. The Morgan fingerprint density at radius 1 is 1.00 bits per heavy atom. The van der Waals surface area contributed by atoms with Crippen LogP contribution in [0.4, 0.5) is 0 Å². The fourth-order valence-corrected chi connectivity index (χ4v) is 3.24. The van der Waals surface area contributed by atoms with Gasteiger partial charge in [0.2, 0.25) is 0 Å². The SMILES string of the molecule is CCCCCCn1cc(/C=C/c2ccc(C=C(C#N)C#N)o2)c2ccccc21. The van der Waals surface area contributed by atoms with Gasteiger partial charge in [0, 0.05) is 35.3 Å². The standard InChI is InChI=1S/C24H23N3O/c1-2-3-4-7-14-27-18-20(23-8-5-6-9-24(23)27)10-11-21-12-13-22(28-21)15-19(16-25)17-26/h5-6,8-13,15,18H,2-4,7,14H2,1H3/b11-10+. The van der Waals surface area contributed by atoms with Crippen molar-refractivity contribution in [2.45, 2.75) is 39.2 Å². The first-order valence-electron chi connectivity index (χ1n) is 9.63. The van der Waals surface area contributed by atoms with Crippen molar-refractivity contribution in [3.8, 4) is 12.1 Å². The van der Waals surface area contributed by atoms with E-state index in [1.165, 1.54) is 42.7 Å². The van der Waals surface area contributed by atoms with E-state index in [4.69, 9.17) is 14.9 Å². The highest BCUT2D eigenvalue weighted by Crippen LogP contribution is 2.24. The van der Waals surface area contributed by atoms with Crippen LogP contribution in [0.3, 0.4) is 0 Å². The third-order valence-corrected chi connectivity index (χ3v) is 4.67. The van der Waals surface area contributed by atoms with E-state index < -0.39 is 0 Å². The summed E-state index contributed by atoms with van der Waals surface area (Å²) in [7, 11) is 0. The van der Waals surface area contributed by atoms with Crippen molar-refractivity contribution in [3.63, 3.8) is 0 Å². The van der Waals surface area contributed by atoms with Crippen LogP contribution >= 0.6 is 0 Å². The van der Waals surface area contributed by atoms with Gasteiger partial charge in [0.15, 0.2) is 0 Å². The molecule has 0 atom stereocenters. The summed E-state index contributed by atoms with van der Waals surface area (Å²) in [6.45, 7) is 3.25. The van der Waals surface area contributed by atoms with Gasteiger partial charge in [0.05, 0.1) is 0 Å². The summed E-state index contributed by atoms with van der Waals surface area (Å²) in [5.41, 5.74) is 2.42. The summed E-state index contributed by atoms with van der Waals surface area (Å²) in [6, 6.07) is 15.7. The van der Waals surface area contributed by atoms with E-state index in [0.29, 0.717) is 11.5 Å². The summed E-state index contributed by atoms with van der Waals surface area (Å²) in [6.07, 6.45) is 12.6. The zero-order chi connectivity index (χ0) is 19.8. The lowest BCUT2D eigenvalue weighted by molar-refractivity contribution is 0.547. The Bertz CT molecular complexity index is 1070. The molecule has 0 aliphatic heterocycles. The molecule has 0 radical (unpaired) electrons. The second-order valence-corrected chi connectivity index (χ2v) is 6.71. The van der Waals surface area contributed by atoms with Gasteiger partial charge in [-0.1, -0.05) is 44.4 Å². The van der Waals surface area contributed by atoms with Crippen molar-refractivity contribution < 1.29 is 4.42 Å². The molecule has 0 bridgehead atoms. The fraction of sp³-hybridized carbons (Fsp3) is 0.250. The first-order valence-corrected chi connectivity index (χ1v) is 9.63. The van der Waals surface area contributed by atoms with Gasteiger partial charge < -0.3 is 8.98 Å². The van der Waals surface area contributed by atoms with E-state index in [2.05, 4.69) is 42.0 Å². The third kappa shape index (κ3) is 4.61. The Hall–Kier alpha value is -3.50. The molecule has 0 N–H and O–H groups in total. The van der Waals surface area contributed by atoms with Crippen LogP contribution in [0.25, 0.3) is 29.1 Å². The normalized spacial score (nSPS) is 10.8. The highest BCUT2D eigenvalue weighted by molar-refractivity contribution is 5.91. The predicted molar refractivity (Wildman–Crippen MR) is 113 cm³/mol. The van der Waals surface area contributed by atoms with Crippen LogP contribution in [0, 0.1) is 22.7 Å². The molecule has 1 aromatic carbocycles. The zero-order valence-corrected chi connectivity index (χ0v) is 16.1. The molecular formula is C24H23N3O. The zero-order valence-electron chi connectivity index (χ0n) is 16.1. The monoisotopic (exact) mass is 369 g/mol. The minimum absolute atomic E-state index is 0.0241. The lowest BCUT2D eigenvalue weighted by atomic mass is 10.1. The molecule has 0 saturated heterocycles. The highest BCUT2D eigenvalue weighted by Gasteiger charge is 2.06. The van der Waals surface area contributed by atoms with Gasteiger partial charge in [-0.2, -0.15) is 10.5 Å².